The van der Waals surface area contributed by atoms with Crippen molar-refractivity contribution in [3.05, 3.63) is 69.1 Å². The maximum atomic E-state index is 12.5. The van der Waals surface area contributed by atoms with Crippen LogP contribution in [0.3, 0.4) is 0 Å². The fourth-order valence-electron chi connectivity index (χ4n) is 3.05. The van der Waals surface area contributed by atoms with Crippen molar-refractivity contribution in [3.63, 3.8) is 0 Å². The molecule has 1 aromatic heterocycles. The number of carbonyl (C=O) groups excluding carboxylic acids is 2. The summed E-state index contributed by atoms with van der Waals surface area (Å²) in [5.41, 5.74) is 1.04. The van der Waals surface area contributed by atoms with Crippen LogP contribution in [-0.4, -0.2) is 35.2 Å². The quantitative estimate of drug-likeness (QED) is 0.236. The van der Waals surface area contributed by atoms with Gasteiger partial charge in [0.2, 0.25) is 12.7 Å². The summed E-state index contributed by atoms with van der Waals surface area (Å²) < 4.78 is 15.5. The van der Waals surface area contributed by atoms with Gasteiger partial charge < -0.3 is 14.2 Å². The highest BCUT2D eigenvalue weighted by atomic mass is 32.1. The minimum Gasteiger partial charge on any atom is -0.462 e. The van der Waals surface area contributed by atoms with Gasteiger partial charge in [0.25, 0.3) is 5.69 Å². The number of nitro benzene ring substituents is 1. The predicted octanol–water partition coefficient (Wildman–Crippen LogP) is 4.28. The summed E-state index contributed by atoms with van der Waals surface area (Å²) in [6, 6.07) is 11.7. The normalized spacial score (nSPS) is 12.0. The van der Waals surface area contributed by atoms with E-state index in [-0.39, 0.29) is 40.4 Å². The highest BCUT2D eigenvalue weighted by molar-refractivity contribution is 7.18. The molecular weight excluding hydrogens is 450 g/mol. The molecule has 0 aliphatic carbocycles. The minimum atomic E-state index is -0.578. The molecule has 2 heterocycles. The number of hydrogen-bond donors (Lipinski definition) is 1. The smallest absolute Gasteiger partial charge is 0.350 e. The lowest BCUT2D eigenvalue weighted by atomic mass is 10.1. The maximum Gasteiger partial charge on any atom is 0.350 e. The average Bonchev–Trinajstić information content (AvgIpc) is 3.44. The van der Waals surface area contributed by atoms with E-state index in [2.05, 4.69) is 10.3 Å². The second-order valence-corrected chi connectivity index (χ2v) is 7.63. The Kier molecular flexibility index (Phi) is 6.31. The Morgan fingerprint density at radius 2 is 1.97 bits per heavy atom. The van der Waals surface area contributed by atoms with Gasteiger partial charge in [-0.25, -0.2) is 9.78 Å². The summed E-state index contributed by atoms with van der Waals surface area (Å²) >= 11 is 0.980. The number of hydrogen-bond acceptors (Lipinski definition) is 9. The van der Waals surface area contributed by atoms with Crippen LogP contribution in [0.5, 0.6) is 11.5 Å². The van der Waals surface area contributed by atoms with Crippen LogP contribution in [0, 0.1) is 10.1 Å². The molecule has 0 unspecified atom stereocenters. The summed E-state index contributed by atoms with van der Waals surface area (Å²) in [6.07, 6.45) is 2.44. The summed E-state index contributed by atoms with van der Waals surface area (Å²) in [7, 11) is 0. The first-order chi connectivity index (χ1) is 16.0. The van der Waals surface area contributed by atoms with Crippen LogP contribution in [0.2, 0.25) is 0 Å². The summed E-state index contributed by atoms with van der Waals surface area (Å²) in [6.45, 7) is 1.87. The van der Waals surface area contributed by atoms with Gasteiger partial charge in [-0.05, 0) is 19.1 Å². The zero-order valence-electron chi connectivity index (χ0n) is 17.3. The number of esters is 1. The largest absolute Gasteiger partial charge is 0.462 e. The molecule has 0 saturated heterocycles. The molecule has 4 rings (SSSR count). The highest BCUT2D eigenvalue weighted by Crippen LogP contribution is 2.38. The Morgan fingerprint density at radius 1 is 1.24 bits per heavy atom. The summed E-state index contributed by atoms with van der Waals surface area (Å²) in [5.74, 6) is -0.496. The van der Waals surface area contributed by atoms with E-state index < -0.39 is 16.8 Å². The van der Waals surface area contributed by atoms with E-state index in [4.69, 9.17) is 14.2 Å². The van der Waals surface area contributed by atoms with Gasteiger partial charge in [0.15, 0.2) is 16.6 Å². The Balaban J connectivity index is 1.57. The van der Waals surface area contributed by atoms with Crippen molar-refractivity contribution < 1.29 is 28.7 Å². The van der Waals surface area contributed by atoms with E-state index in [9.17, 15) is 19.7 Å². The van der Waals surface area contributed by atoms with Gasteiger partial charge in [0.1, 0.15) is 4.88 Å². The molecule has 1 aliphatic rings. The Labute approximate surface area is 191 Å². The number of benzene rings is 2. The first-order valence-electron chi connectivity index (χ1n) is 9.76. The number of nitrogens with zero attached hydrogens (tertiary/aromatic N) is 2. The van der Waals surface area contributed by atoms with Crippen LogP contribution in [-0.2, 0) is 9.53 Å². The second-order valence-electron chi connectivity index (χ2n) is 6.63. The van der Waals surface area contributed by atoms with Crippen LogP contribution >= 0.6 is 11.3 Å². The monoisotopic (exact) mass is 467 g/mol. The molecule has 0 atom stereocenters. The van der Waals surface area contributed by atoms with Gasteiger partial charge in [0, 0.05) is 11.6 Å². The molecule has 1 aliphatic heterocycles. The van der Waals surface area contributed by atoms with Gasteiger partial charge >= 0.3 is 5.97 Å². The lowest BCUT2D eigenvalue weighted by Crippen LogP contribution is -2.07. The third-order valence-electron chi connectivity index (χ3n) is 4.50. The zero-order chi connectivity index (χ0) is 23.4. The van der Waals surface area contributed by atoms with Gasteiger partial charge in [0.05, 0.1) is 28.9 Å². The molecule has 10 nitrogen and oxygen atoms in total. The third kappa shape index (κ3) is 4.83. The molecule has 168 valence electrons. The number of carbonyl (C=O) groups is 2. The van der Waals surface area contributed by atoms with E-state index >= 15 is 0 Å². The van der Waals surface area contributed by atoms with Crippen molar-refractivity contribution in [1.82, 2.24) is 4.98 Å². The maximum absolute atomic E-state index is 12.5. The highest BCUT2D eigenvalue weighted by Gasteiger charge is 2.23. The van der Waals surface area contributed by atoms with Gasteiger partial charge in [-0.3, -0.25) is 20.2 Å². The van der Waals surface area contributed by atoms with Crippen LogP contribution in [0.25, 0.3) is 17.3 Å². The zero-order valence-corrected chi connectivity index (χ0v) is 18.1. The van der Waals surface area contributed by atoms with Gasteiger partial charge in [-0.15, -0.1) is 0 Å². The van der Waals surface area contributed by atoms with E-state index in [1.165, 1.54) is 18.2 Å². The fourth-order valence-corrected chi connectivity index (χ4v) is 3.94. The molecule has 3 aromatic rings. The van der Waals surface area contributed by atoms with Crippen molar-refractivity contribution in [2.75, 3.05) is 18.7 Å². The molecule has 33 heavy (non-hydrogen) atoms. The molecule has 0 radical (unpaired) electrons. The number of anilines is 1. The Morgan fingerprint density at radius 3 is 2.67 bits per heavy atom. The number of aromatic nitrogens is 1. The number of thiazole rings is 1. The topological polar surface area (TPSA) is 130 Å². The van der Waals surface area contributed by atoms with Crippen LogP contribution in [0.15, 0.2) is 48.5 Å². The Hall–Kier alpha value is -4.25. The fraction of sp³-hybridized carbons (Fsp3) is 0.136. The molecule has 0 fully saturated rings. The van der Waals surface area contributed by atoms with Crippen LogP contribution in [0.4, 0.5) is 10.8 Å². The standard InChI is InChI=1S/C22H17N3O7S/c1-2-30-21(27)20-19(13-6-4-3-5-7-13)24-22(33-20)23-18(26)9-8-14-10-16-17(32-12-31-16)11-15(14)25(28)29/h3-11H,2,12H2,1H3,(H,23,24,26)/b9-8+. The average molecular weight is 467 g/mol. The number of ether oxygens (including phenoxy) is 3. The molecule has 0 saturated carbocycles. The molecule has 0 spiro atoms. The summed E-state index contributed by atoms with van der Waals surface area (Å²) in [4.78, 5) is 40.3. The SMILES string of the molecule is CCOC(=O)c1sc(NC(=O)/C=C/c2cc3c(cc2[N+](=O)[O-])OCO3)nc1-c1ccccc1. The molecule has 2 aromatic carbocycles. The lowest BCUT2D eigenvalue weighted by molar-refractivity contribution is -0.385. The number of nitrogens with one attached hydrogen (secondary N) is 1. The molecule has 11 heteroatoms. The third-order valence-corrected chi connectivity index (χ3v) is 5.45. The first-order valence-corrected chi connectivity index (χ1v) is 10.6. The Bertz CT molecular complexity index is 1250. The van der Waals surface area contributed by atoms with Crippen molar-refractivity contribution in [2.24, 2.45) is 0 Å². The molecular formula is C22H17N3O7S. The molecule has 1 amide bonds. The van der Waals surface area contributed by atoms with Crippen molar-refractivity contribution in [3.8, 4) is 22.8 Å². The van der Waals surface area contributed by atoms with Gasteiger partial charge in [-0.1, -0.05) is 41.7 Å². The number of fused-ring (bicyclic) bond motifs is 1. The summed E-state index contributed by atoms with van der Waals surface area (Å²) in [5, 5.41) is 14.1. The van der Waals surface area contributed by atoms with Crippen LogP contribution in [0.1, 0.15) is 22.2 Å². The first kappa shape index (κ1) is 22.0. The van der Waals surface area contributed by atoms with Crippen molar-refractivity contribution in [1.29, 1.82) is 0 Å². The number of nitro groups is 1. The van der Waals surface area contributed by atoms with E-state index in [0.29, 0.717) is 17.0 Å². The minimum absolute atomic E-state index is 0.0310. The van der Waals surface area contributed by atoms with Gasteiger partial charge in [-0.2, -0.15) is 0 Å². The van der Waals surface area contributed by atoms with E-state index in [1.807, 2.05) is 18.2 Å². The van der Waals surface area contributed by atoms with Crippen LogP contribution < -0.4 is 14.8 Å². The van der Waals surface area contributed by atoms with Crippen molar-refractivity contribution in [2.45, 2.75) is 6.92 Å². The number of rotatable bonds is 7. The molecule has 0 bridgehead atoms. The predicted molar refractivity (Wildman–Crippen MR) is 120 cm³/mol. The van der Waals surface area contributed by atoms with E-state index in [1.54, 1.807) is 19.1 Å². The molecule has 1 N–H and O–H groups in total. The number of amides is 1. The van der Waals surface area contributed by atoms with Crippen molar-refractivity contribution >= 4 is 40.1 Å². The van der Waals surface area contributed by atoms with E-state index in [0.717, 1.165) is 17.4 Å². The second kappa shape index (κ2) is 9.49. The lowest BCUT2D eigenvalue weighted by Gasteiger charge is -2.01.